The molecule has 0 radical (unpaired) electrons. The number of aliphatic hydroxyl groups is 1. The molecule has 0 unspecified atom stereocenters. The summed E-state index contributed by atoms with van der Waals surface area (Å²) >= 11 is 0. The standard InChI is InChI=1S/C29H33N3O4/c1-19(2)21-6-8-22(9-7-21)26-25(27(33)23-10-12-24(13-11-23)36-20(3)4)28(34)29(35)32(26)16-5-15-31-17-14-30-18-31/h6-14,17-20,26,33H,5,15-16H2,1-4H3/t26-/m1/s1. The molecule has 1 saturated heterocycles. The van der Waals surface area contributed by atoms with Gasteiger partial charge in [0.25, 0.3) is 11.7 Å². The lowest BCUT2D eigenvalue weighted by atomic mass is 9.93. The maximum atomic E-state index is 13.2. The van der Waals surface area contributed by atoms with Crippen LogP contribution in [0.1, 0.15) is 62.8 Å². The predicted molar refractivity (Wildman–Crippen MR) is 139 cm³/mol. The van der Waals surface area contributed by atoms with Crippen molar-refractivity contribution in [1.29, 1.82) is 0 Å². The van der Waals surface area contributed by atoms with Crippen LogP contribution in [0, 0.1) is 0 Å². The molecule has 36 heavy (non-hydrogen) atoms. The fourth-order valence-electron chi connectivity index (χ4n) is 4.48. The monoisotopic (exact) mass is 487 g/mol. The molecular weight excluding hydrogens is 454 g/mol. The maximum Gasteiger partial charge on any atom is 0.295 e. The van der Waals surface area contributed by atoms with Crippen molar-refractivity contribution in [1.82, 2.24) is 14.5 Å². The molecule has 7 heteroatoms. The van der Waals surface area contributed by atoms with Crippen LogP contribution in [0.2, 0.25) is 0 Å². The van der Waals surface area contributed by atoms with E-state index in [2.05, 4.69) is 18.8 Å². The number of ketones is 1. The van der Waals surface area contributed by atoms with Crippen LogP contribution >= 0.6 is 0 Å². The summed E-state index contributed by atoms with van der Waals surface area (Å²) in [7, 11) is 0. The Morgan fingerprint density at radius 1 is 1.00 bits per heavy atom. The van der Waals surface area contributed by atoms with Crippen molar-refractivity contribution in [3.8, 4) is 5.75 Å². The van der Waals surface area contributed by atoms with Crippen LogP contribution in [0.5, 0.6) is 5.75 Å². The van der Waals surface area contributed by atoms with Gasteiger partial charge in [-0.2, -0.15) is 0 Å². The molecule has 7 nitrogen and oxygen atoms in total. The van der Waals surface area contributed by atoms with Crippen molar-refractivity contribution in [2.45, 2.75) is 58.7 Å². The van der Waals surface area contributed by atoms with Crippen LogP contribution in [0.15, 0.2) is 72.8 Å². The van der Waals surface area contributed by atoms with Crippen molar-refractivity contribution in [2.24, 2.45) is 0 Å². The molecule has 0 saturated carbocycles. The fourth-order valence-corrected chi connectivity index (χ4v) is 4.48. The number of benzene rings is 2. The minimum atomic E-state index is -0.671. The van der Waals surface area contributed by atoms with Gasteiger partial charge in [0.2, 0.25) is 0 Å². The second kappa shape index (κ2) is 10.8. The average Bonchev–Trinajstić information content (AvgIpc) is 3.46. The summed E-state index contributed by atoms with van der Waals surface area (Å²) in [4.78, 5) is 32.0. The molecule has 3 aromatic rings. The molecule has 1 aliphatic heterocycles. The van der Waals surface area contributed by atoms with Gasteiger partial charge >= 0.3 is 0 Å². The van der Waals surface area contributed by atoms with E-state index in [-0.39, 0.29) is 17.4 Å². The van der Waals surface area contributed by atoms with E-state index in [9.17, 15) is 14.7 Å². The van der Waals surface area contributed by atoms with Gasteiger partial charge in [-0.05, 0) is 61.6 Å². The van der Waals surface area contributed by atoms with Crippen LogP contribution in [-0.2, 0) is 16.1 Å². The van der Waals surface area contributed by atoms with Crippen LogP contribution in [0.3, 0.4) is 0 Å². The minimum Gasteiger partial charge on any atom is -0.507 e. The lowest BCUT2D eigenvalue weighted by Gasteiger charge is -2.26. The molecule has 4 rings (SSSR count). The van der Waals surface area contributed by atoms with Crippen LogP contribution in [0.4, 0.5) is 0 Å². The quantitative estimate of drug-likeness (QED) is 0.251. The van der Waals surface area contributed by atoms with Crippen molar-refractivity contribution in [2.75, 3.05) is 6.54 Å². The summed E-state index contributed by atoms with van der Waals surface area (Å²) in [5.74, 6) is -0.426. The number of amides is 1. The van der Waals surface area contributed by atoms with Gasteiger partial charge in [-0.25, -0.2) is 4.98 Å². The maximum absolute atomic E-state index is 13.2. The zero-order chi connectivity index (χ0) is 25.8. The molecule has 2 aromatic carbocycles. The molecule has 188 valence electrons. The predicted octanol–water partition coefficient (Wildman–Crippen LogP) is 5.31. The highest BCUT2D eigenvalue weighted by Crippen LogP contribution is 2.40. The highest BCUT2D eigenvalue weighted by molar-refractivity contribution is 6.46. The number of likely N-dealkylation sites (tertiary alicyclic amines) is 1. The minimum absolute atomic E-state index is 0.0194. The molecule has 0 aliphatic carbocycles. The summed E-state index contributed by atoms with van der Waals surface area (Å²) in [5, 5.41) is 11.3. The summed E-state index contributed by atoms with van der Waals surface area (Å²) in [5.41, 5.74) is 2.53. The topological polar surface area (TPSA) is 84.7 Å². The number of hydrogen-bond donors (Lipinski definition) is 1. The van der Waals surface area contributed by atoms with E-state index < -0.39 is 17.7 Å². The Morgan fingerprint density at radius 2 is 1.69 bits per heavy atom. The fraction of sp³-hybridized carbons (Fsp3) is 0.345. The molecule has 1 N–H and O–H groups in total. The van der Waals surface area contributed by atoms with Gasteiger partial charge in [-0.3, -0.25) is 9.59 Å². The lowest BCUT2D eigenvalue weighted by molar-refractivity contribution is -0.139. The number of carbonyl (C=O) groups is 2. The SMILES string of the molecule is CC(C)Oc1ccc(C(O)=C2C(=O)C(=O)N(CCCn3ccnc3)[C@@H]2c2ccc(C(C)C)cc2)cc1. The molecule has 1 amide bonds. The lowest BCUT2D eigenvalue weighted by Crippen LogP contribution is -2.31. The first-order valence-corrected chi connectivity index (χ1v) is 12.4. The number of rotatable bonds is 9. The third kappa shape index (κ3) is 5.35. The molecule has 1 fully saturated rings. The second-order valence-electron chi connectivity index (χ2n) is 9.66. The number of imidazole rings is 1. The van der Waals surface area contributed by atoms with E-state index in [4.69, 9.17) is 4.74 Å². The largest absolute Gasteiger partial charge is 0.507 e. The van der Waals surface area contributed by atoms with Crippen LogP contribution in [0.25, 0.3) is 5.76 Å². The summed E-state index contributed by atoms with van der Waals surface area (Å²) < 4.78 is 7.63. The van der Waals surface area contributed by atoms with Crippen molar-refractivity contribution in [3.05, 3.63) is 89.5 Å². The normalized spacial score (nSPS) is 17.4. The zero-order valence-electron chi connectivity index (χ0n) is 21.2. The number of aromatic nitrogens is 2. The number of Topliss-reactive ketones (excluding diaryl/α,β-unsaturated/α-hetero) is 1. The Hall–Kier alpha value is -3.87. The first-order valence-electron chi connectivity index (χ1n) is 12.4. The van der Waals surface area contributed by atoms with Gasteiger partial charge in [-0.15, -0.1) is 0 Å². The Balaban J connectivity index is 1.70. The average molecular weight is 488 g/mol. The number of nitrogens with zero attached hydrogens (tertiary/aromatic N) is 3. The Kier molecular flexibility index (Phi) is 7.58. The third-order valence-corrected chi connectivity index (χ3v) is 6.33. The van der Waals surface area contributed by atoms with Crippen molar-refractivity contribution in [3.63, 3.8) is 0 Å². The molecule has 0 spiro atoms. The number of carbonyl (C=O) groups excluding carboxylic acids is 2. The van der Waals surface area contributed by atoms with E-state index in [1.807, 2.05) is 48.9 Å². The van der Waals surface area contributed by atoms with E-state index in [0.717, 1.165) is 11.1 Å². The van der Waals surface area contributed by atoms with Gasteiger partial charge in [0.15, 0.2) is 0 Å². The first-order chi connectivity index (χ1) is 17.3. The van der Waals surface area contributed by atoms with Gasteiger partial charge in [0.05, 0.1) is 24.0 Å². The van der Waals surface area contributed by atoms with E-state index in [1.54, 1.807) is 41.7 Å². The Bertz CT molecular complexity index is 1230. The third-order valence-electron chi connectivity index (χ3n) is 6.33. The summed E-state index contributed by atoms with van der Waals surface area (Å²) in [6.45, 7) is 9.14. The van der Waals surface area contributed by atoms with E-state index >= 15 is 0 Å². The van der Waals surface area contributed by atoms with Crippen molar-refractivity contribution >= 4 is 17.4 Å². The first kappa shape index (κ1) is 25.2. The molecule has 0 bridgehead atoms. The van der Waals surface area contributed by atoms with Gasteiger partial charge < -0.3 is 19.3 Å². The highest BCUT2D eigenvalue weighted by Gasteiger charge is 2.45. The molecule has 2 heterocycles. The van der Waals surface area contributed by atoms with Gasteiger partial charge in [-0.1, -0.05) is 38.1 Å². The Morgan fingerprint density at radius 3 is 2.28 bits per heavy atom. The molecular formula is C29H33N3O4. The van der Waals surface area contributed by atoms with Crippen LogP contribution < -0.4 is 4.74 Å². The van der Waals surface area contributed by atoms with E-state index in [1.165, 1.54) is 0 Å². The molecule has 1 aliphatic rings. The number of aliphatic hydroxyl groups excluding tert-OH is 1. The summed E-state index contributed by atoms with van der Waals surface area (Å²) in [6, 6.07) is 14.2. The second-order valence-corrected chi connectivity index (χ2v) is 9.66. The number of ether oxygens (including phenoxy) is 1. The van der Waals surface area contributed by atoms with Crippen molar-refractivity contribution < 1.29 is 19.4 Å². The smallest absolute Gasteiger partial charge is 0.295 e. The summed E-state index contributed by atoms with van der Waals surface area (Å²) in [6.07, 6.45) is 5.96. The van der Waals surface area contributed by atoms with Crippen LogP contribution in [-0.4, -0.2) is 43.9 Å². The highest BCUT2D eigenvalue weighted by atomic mass is 16.5. The van der Waals surface area contributed by atoms with Gasteiger partial charge in [0.1, 0.15) is 11.5 Å². The zero-order valence-corrected chi connectivity index (χ0v) is 21.2. The molecule has 1 atom stereocenters. The Labute approximate surface area is 212 Å². The molecule has 1 aromatic heterocycles. The number of hydrogen-bond acceptors (Lipinski definition) is 5. The number of aryl methyl sites for hydroxylation is 1. The van der Waals surface area contributed by atoms with E-state index in [0.29, 0.717) is 36.7 Å². The van der Waals surface area contributed by atoms with Gasteiger partial charge in [0, 0.05) is 31.0 Å².